The van der Waals surface area contributed by atoms with Crippen LogP contribution in [0.4, 0.5) is 0 Å². The van der Waals surface area contributed by atoms with Crippen molar-refractivity contribution in [1.29, 1.82) is 0 Å². The lowest BCUT2D eigenvalue weighted by Gasteiger charge is -2.26. The van der Waals surface area contributed by atoms with E-state index in [0.717, 1.165) is 19.3 Å². The molecular formula is C9H19NO2. The summed E-state index contributed by atoms with van der Waals surface area (Å²) in [6.07, 6.45) is 2.79. The van der Waals surface area contributed by atoms with E-state index in [1.54, 1.807) is 0 Å². The van der Waals surface area contributed by atoms with Crippen LogP contribution < -0.4 is 0 Å². The Hall–Kier alpha value is -0.570. The summed E-state index contributed by atoms with van der Waals surface area (Å²) in [4.78, 5) is 15.8. The van der Waals surface area contributed by atoms with E-state index in [9.17, 15) is 4.79 Å². The van der Waals surface area contributed by atoms with Crippen molar-refractivity contribution < 1.29 is 9.63 Å². The van der Waals surface area contributed by atoms with Gasteiger partial charge in [-0.3, -0.25) is 9.63 Å². The predicted octanol–water partition coefficient (Wildman–Crippen LogP) is 1.97. The van der Waals surface area contributed by atoms with Gasteiger partial charge in [0.2, 0.25) is 6.41 Å². The fourth-order valence-electron chi connectivity index (χ4n) is 0.786. The van der Waals surface area contributed by atoms with Crippen molar-refractivity contribution in [1.82, 2.24) is 5.06 Å². The van der Waals surface area contributed by atoms with Gasteiger partial charge in [-0.15, -0.1) is 0 Å². The molecule has 0 atom stereocenters. The highest BCUT2D eigenvalue weighted by molar-refractivity contribution is 5.44. The molecule has 72 valence electrons. The molecule has 0 radical (unpaired) electrons. The lowest BCUT2D eigenvalue weighted by Crippen LogP contribution is -2.33. The monoisotopic (exact) mass is 173 g/mol. The van der Waals surface area contributed by atoms with Crippen molar-refractivity contribution in [2.75, 3.05) is 6.54 Å². The van der Waals surface area contributed by atoms with Crippen LogP contribution in [0.15, 0.2) is 0 Å². The molecule has 0 aliphatic rings. The number of carbonyl (C=O) groups excluding carboxylic acids is 1. The Balaban J connectivity index is 3.75. The number of carbonyl (C=O) groups is 1. The summed E-state index contributed by atoms with van der Waals surface area (Å²) < 4.78 is 0. The summed E-state index contributed by atoms with van der Waals surface area (Å²) in [5.74, 6) is 0. The zero-order valence-corrected chi connectivity index (χ0v) is 8.46. The van der Waals surface area contributed by atoms with Crippen molar-refractivity contribution in [2.24, 2.45) is 0 Å². The molecule has 0 spiro atoms. The van der Waals surface area contributed by atoms with Crippen LogP contribution in [0.25, 0.3) is 0 Å². The van der Waals surface area contributed by atoms with Gasteiger partial charge in [0.25, 0.3) is 0 Å². The Bertz CT molecular complexity index is 129. The first-order valence-corrected chi connectivity index (χ1v) is 4.40. The number of unbranched alkanes of at least 4 members (excludes halogenated alkanes) is 1. The molecule has 0 bridgehead atoms. The third-order valence-electron chi connectivity index (χ3n) is 1.24. The molecule has 0 aliphatic heterocycles. The molecule has 12 heavy (non-hydrogen) atoms. The van der Waals surface area contributed by atoms with Gasteiger partial charge in [-0.25, -0.2) is 5.06 Å². The maximum atomic E-state index is 10.5. The van der Waals surface area contributed by atoms with E-state index >= 15 is 0 Å². The number of amides is 1. The van der Waals surface area contributed by atoms with Gasteiger partial charge in [0.05, 0.1) is 5.60 Å². The van der Waals surface area contributed by atoms with E-state index in [4.69, 9.17) is 4.84 Å². The highest BCUT2D eigenvalue weighted by atomic mass is 16.7. The zero-order chi connectivity index (χ0) is 9.61. The first-order valence-electron chi connectivity index (χ1n) is 4.40. The van der Waals surface area contributed by atoms with Crippen LogP contribution in [-0.4, -0.2) is 23.6 Å². The standard InChI is InChI=1S/C9H19NO2/c1-5-6-7-10(8-11)12-9(2,3)4/h8H,5-7H2,1-4H3. The highest BCUT2D eigenvalue weighted by Crippen LogP contribution is 2.09. The quantitative estimate of drug-likeness (QED) is 0.470. The summed E-state index contributed by atoms with van der Waals surface area (Å²) >= 11 is 0. The van der Waals surface area contributed by atoms with Crippen LogP contribution in [0.2, 0.25) is 0 Å². The number of nitrogens with zero attached hydrogens (tertiary/aromatic N) is 1. The third-order valence-corrected chi connectivity index (χ3v) is 1.24. The number of hydroxylamine groups is 2. The van der Waals surface area contributed by atoms with Crippen LogP contribution in [-0.2, 0) is 9.63 Å². The molecule has 1 amide bonds. The fourth-order valence-corrected chi connectivity index (χ4v) is 0.786. The van der Waals surface area contributed by atoms with Gasteiger partial charge in [0.15, 0.2) is 0 Å². The normalized spacial score (nSPS) is 11.3. The van der Waals surface area contributed by atoms with E-state index in [1.165, 1.54) is 5.06 Å². The summed E-state index contributed by atoms with van der Waals surface area (Å²) in [6.45, 7) is 8.54. The van der Waals surface area contributed by atoms with Gasteiger partial charge in [-0.05, 0) is 27.2 Å². The molecule has 0 aromatic heterocycles. The van der Waals surface area contributed by atoms with Crippen LogP contribution in [0.1, 0.15) is 40.5 Å². The van der Waals surface area contributed by atoms with Crippen molar-refractivity contribution in [3.05, 3.63) is 0 Å². The van der Waals surface area contributed by atoms with Gasteiger partial charge in [0, 0.05) is 6.54 Å². The smallest absolute Gasteiger partial charge is 0.233 e. The Morgan fingerprint density at radius 2 is 2.00 bits per heavy atom. The molecule has 0 aromatic carbocycles. The van der Waals surface area contributed by atoms with Crippen LogP contribution in [0, 0.1) is 0 Å². The topological polar surface area (TPSA) is 29.5 Å². The Morgan fingerprint density at radius 3 is 2.33 bits per heavy atom. The van der Waals surface area contributed by atoms with Gasteiger partial charge in [0.1, 0.15) is 0 Å². The molecule has 0 fully saturated rings. The summed E-state index contributed by atoms with van der Waals surface area (Å²) in [6, 6.07) is 0. The fraction of sp³-hybridized carbons (Fsp3) is 0.889. The van der Waals surface area contributed by atoms with E-state index in [0.29, 0.717) is 6.54 Å². The molecule has 0 saturated heterocycles. The van der Waals surface area contributed by atoms with Crippen LogP contribution in [0.3, 0.4) is 0 Å². The SMILES string of the molecule is CCCCN(C=O)OC(C)(C)C. The molecule has 0 aromatic rings. The highest BCUT2D eigenvalue weighted by Gasteiger charge is 2.15. The lowest BCUT2D eigenvalue weighted by atomic mass is 10.2. The second-order valence-corrected chi connectivity index (χ2v) is 3.80. The van der Waals surface area contributed by atoms with Gasteiger partial charge >= 0.3 is 0 Å². The molecule has 0 aliphatic carbocycles. The molecule has 0 N–H and O–H groups in total. The van der Waals surface area contributed by atoms with E-state index in [-0.39, 0.29) is 5.60 Å². The maximum absolute atomic E-state index is 10.5. The first-order chi connectivity index (χ1) is 5.49. The van der Waals surface area contributed by atoms with Crippen LogP contribution in [0.5, 0.6) is 0 Å². The minimum absolute atomic E-state index is 0.283. The van der Waals surface area contributed by atoms with Crippen LogP contribution >= 0.6 is 0 Å². The van der Waals surface area contributed by atoms with Crippen molar-refractivity contribution in [3.8, 4) is 0 Å². The molecule has 0 rings (SSSR count). The summed E-state index contributed by atoms with van der Waals surface area (Å²) in [5, 5.41) is 1.36. The lowest BCUT2D eigenvalue weighted by molar-refractivity contribution is -0.216. The average Bonchev–Trinajstić information content (AvgIpc) is 1.95. The van der Waals surface area contributed by atoms with Crippen molar-refractivity contribution in [3.63, 3.8) is 0 Å². The Labute approximate surface area is 74.6 Å². The second kappa shape index (κ2) is 5.14. The third kappa shape index (κ3) is 6.16. The maximum Gasteiger partial charge on any atom is 0.233 e. The minimum Gasteiger partial charge on any atom is -0.276 e. The number of hydrogen-bond acceptors (Lipinski definition) is 2. The average molecular weight is 173 g/mol. The Morgan fingerprint density at radius 1 is 1.42 bits per heavy atom. The number of rotatable bonds is 5. The number of hydrogen-bond donors (Lipinski definition) is 0. The van der Waals surface area contributed by atoms with Gasteiger partial charge in [-0.2, -0.15) is 0 Å². The van der Waals surface area contributed by atoms with E-state index in [2.05, 4.69) is 6.92 Å². The molecule has 0 saturated carbocycles. The molecule has 3 nitrogen and oxygen atoms in total. The molecule has 0 heterocycles. The molecular weight excluding hydrogens is 154 g/mol. The minimum atomic E-state index is -0.283. The first kappa shape index (κ1) is 11.4. The second-order valence-electron chi connectivity index (χ2n) is 3.80. The molecule has 3 heteroatoms. The predicted molar refractivity (Wildman–Crippen MR) is 48.5 cm³/mol. The zero-order valence-electron chi connectivity index (χ0n) is 8.46. The Kier molecular flexibility index (Phi) is 4.90. The summed E-state index contributed by atoms with van der Waals surface area (Å²) in [5.41, 5.74) is -0.283. The largest absolute Gasteiger partial charge is 0.276 e. The van der Waals surface area contributed by atoms with Gasteiger partial charge in [-0.1, -0.05) is 13.3 Å². The van der Waals surface area contributed by atoms with Crippen molar-refractivity contribution in [2.45, 2.75) is 46.1 Å². The van der Waals surface area contributed by atoms with E-state index in [1.807, 2.05) is 20.8 Å². The van der Waals surface area contributed by atoms with E-state index < -0.39 is 0 Å². The van der Waals surface area contributed by atoms with Crippen molar-refractivity contribution >= 4 is 6.41 Å². The molecule has 0 unspecified atom stereocenters. The summed E-state index contributed by atoms with van der Waals surface area (Å²) in [7, 11) is 0. The van der Waals surface area contributed by atoms with Gasteiger partial charge < -0.3 is 0 Å².